The average molecular weight is 885 g/mol. The Labute approximate surface area is 397 Å². The first-order valence-corrected chi connectivity index (χ1v) is 23.3. The van der Waals surface area contributed by atoms with E-state index in [4.69, 9.17) is 18.8 Å². The van der Waals surface area contributed by atoms with Crippen LogP contribution in [0.2, 0.25) is 0 Å². The second-order valence-corrected chi connectivity index (χ2v) is 17.7. The van der Waals surface area contributed by atoms with Crippen LogP contribution in [-0.4, -0.2) is 14.5 Å². The van der Waals surface area contributed by atoms with E-state index in [1.54, 1.807) is 0 Å². The lowest BCUT2D eigenvalue weighted by molar-refractivity contribution is 0.619. The summed E-state index contributed by atoms with van der Waals surface area (Å²) in [7, 11) is 0. The first-order chi connectivity index (χ1) is 34.2. The smallest absolute Gasteiger partial charge is 0.227 e. The van der Waals surface area contributed by atoms with E-state index in [1.807, 2.05) is 48.5 Å². The van der Waals surface area contributed by atoms with Gasteiger partial charge in [-0.2, -0.15) is 0 Å². The monoisotopic (exact) mass is 884 g/mol. The molecule has 0 unspecified atom stereocenters. The predicted octanol–water partition coefficient (Wildman–Crippen LogP) is 16.2. The van der Waals surface area contributed by atoms with E-state index < -0.39 is 5.41 Å². The van der Waals surface area contributed by atoms with Gasteiger partial charge in [0.25, 0.3) is 0 Å². The number of nitrogens with zero attached hydrogens (tertiary/aromatic N) is 4. The van der Waals surface area contributed by atoms with E-state index in [0.29, 0.717) is 11.8 Å². The number of aromatic nitrogens is 3. The van der Waals surface area contributed by atoms with Crippen molar-refractivity contribution in [3.8, 4) is 39.7 Å². The molecular formula is C63H40N4O2. The Hall–Kier alpha value is -9.26. The Morgan fingerprint density at radius 3 is 1.41 bits per heavy atom. The summed E-state index contributed by atoms with van der Waals surface area (Å²) in [6.45, 7) is 0. The van der Waals surface area contributed by atoms with Crippen molar-refractivity contribution in [2.75, 3.05) is 4.90 Å². The van der Waals surface area contributed by atoms with Gasteiger partial charge in [0, 0.05) is 44.6 Å². The van der Waals surface area contributed by atoms with Crippen molar-refractivity contribution < 1.29 is 8.83 Å². The zero-order valence-electron chi connectivity index (χ0n) is 37.2. The molecule has 0 amide bonds. The van der Waals surface area contributed by atoms with Crippen molar-refractivity contribution >= 4 is 61.1 Å². The number of benzene rings is 10. The van der Waals surface area contributed by atoms with Crippen LogP contribution >= 0.6 is 0 Å². The molecule has 1 aliphatic rings. The summed E-state index contributed by atoms with van der Waals surface area (Å²) >= 11 is 0. The van der Waals surface area contributed by atoms with E-state index in [2.05, 4.69) is 204 Å². The van der Waals surface area contributed by atoms with E-state index in [0.717, 1.165) is 72.5 Å². The average Bonchev–Trinajstić information content (AvgIpc) is 4.20. The first kappa shape index (κ1) is 39.0. The van der Waals surface area contributed by atoms with Crippen LogP contribution in [0.3, 0.4) is 0 Å². The highest BCUT2D eigenvalue weighted by atomic mass is 16.4. The second kappa shape index (κ2) is 15.4. The van der Waals surface area contributed by atoms with Gasteiger partial charge in [-0.05, 0) is 149 Å². The molecule has 1 aliphatic carbocycles. The Morgan fingerprint density at radius 1 is 0.377 bits per heavy atom. The Bertz CT molecular complexity index is 3850. The molecule has 10 aromatic carbocycles. The van der Waals surface area contributed by atoms with Gasteiger partial charge in [0.15, 0.2) is 11.2 Å². The van der Waals surface area contributed by atoms with Gasteiger partial charge in [0.1, 0.15) is 11.0 Å². The highest BCUT2D eigenvalue weighted by Crippen LogP contribution is 2.56. The Balaban J connectivity index is 0.981. The van der Waals surface area contributed by atoms with Gasteiger partial charge in [-0.25, -0.2) is 9.97 Å². The van der Waals surface area contributed by atoms with Crippen molar-refractivity contribution in [3.63, 3.8) is 0 Å². The van der Waals surface area contributed by atoms with E-state index in [9.17, 15) is 0 Å². The van der Waals surface area contributed by atoms with Crippen molar-refractivity contribution in [2.24, 2.45) is 0 Å². The zero-order chi connectivity index (χ0) is 45.5. The number of oxazole rings is 2. The quantitative estimate of drug-likeness (QED) is 0.152. The van der Waals surface area contributed by atoms with Gasteiger partial charge < -0.3 is 18.3 Å². The molecule has 69 heavy (non-hydrogen) atoms. The van der Waals surface area contributed by atoms with Crippen LogP contribution in [0.5, 0.6) is 0 Å². The maximum atomic E-state index is 6.21. The van der Waals surface area contributed by atoms with Crippen LogP contribution in [-0.2, 0) is 5.41 Å². The number of rotatable bonds is 8. The molecule has 3 heterocycles. The molecule has 0 N–H and O–H groups in total. The molecular weight excluding hydrogens is 845 g/mol. The van der Waals surface area contributed by atoms with Gasteiger partial charge in [0.2, 0.25) is 11.8 Å². The summed E-state index contributed by atoms with van der Waals surface area (Å²) in [6, 6.07) is 86.3. The molecule has 324 valence electrons. The molecule has 14 rings (SSSR count). The molecule has 0 bridgehead atoms. The first-order valence-electron chi connectivity index (χ1n) is 23.3. The summed E-state index contributed by atoms with van der Waals surface area (Å²) in [5, 5.41) is 2.31. The number of para-hydroxylation sites is 5. The van der Waals surface area contributed by atoms with Crippen LogP contribution in [0.25, 0.3) is 83.7 Å². The van der Waals surface area contributed by atoms with Crippen LogP contribution < -0.4 is 4.90 Å². The number of anilines is 3. The molecule has 13 aromatic rings. The Morgan fingerprint density at radius 2 is 0.841 bits per heavy atom. The van der Waals surface area contributed by atoms with E-state index in [-0.39, 0.29) is 0 Å². The molecule has 6 heteroatoms. The lowest BCUT2D eigenvalue weighted by atomic mass is 9.67. The third kappa shape index (κ3) is 6.05. The standard InChI is InChI=1S/C63H40N4O2/c1-3-15-43(16-4-1)63(53-21-9-7-19-49(53)50-20-8-10-22-54(50)63)44-31-37-57-51(39-44)52-40-48(36-38-58(52)67(57)45-17-5-2-6-18-45)66(46-32-27-41(28-33-46)61-64-55-23-11-13-25-59(55)68-61)47-34-29-42(30-35-47)62-65-56-24-12-14-26-60(56)69-62/h1-40H. The summed E-state index contributed by atoms with van der Waals surface area (Å²) in [5.74, 6) is 1.17. The van der Waals surface area contributed by atoms with E-state index in [1.165, 1.54) is 38.8 Å². The molecule has 0 spiro atoms. The summed E-state index contributed by atoms with van der Waals surface area (Å²) in [4.78, 5) is 11.9. The summed E-state index contributed by atoms with van der Waals surface area (Å²) < 4.78 is 14.8. The maximum absolute atomic E-state index is 6.21. The SMILES string of the molecule is c1ccc(-n2c3ccc(N(c4ccc(-c5nc6ccccc6o5)cc4)c4ccc(-c5nc6ccccc6o5)cc4)cc3c3cc(C4(c5ccccc5)c5ccccc5-c5ccccc54)ccc32)cc1. The number of hydrogen-bond acceptors (Lipinski definition) is 5. The largest absolute Gasteiger partial charge is 0.436 e. The number of fused-ring (bicyclic) bond motifs is 8. The highest BCUT2D eigenvalue weighted by Gasteiger charge is 2.46. The van der Waals surface area contributed by atoms with Crippen molar-refractivity contribution in [1.82, 2.24) is 14.5 Å². The molecule has 0 aliphatic heterocycles. The third-order valence-corrected chi connectivity index (χ3v) is 13.9. The lowest BCUT2D eigenvalue weighted by Crippen LogP contribution is -2.28. The fourth-order valence-electron chi connectivity index (χ4n) is 10.9. The number of hydrogen-bond donors (Lipinski definition) is 0. The maximum Gasteiger partial charge on any atom is 0.227 e. The predicted molar refractivity (Wildman–Crippen MR) is 279 cm³/mol. The van der Waals surface area contributed by atoms with Crippen molar-refractivity contribution in [2.45, 2.75) is 5.41 Å². The van der Waals surface area contributed by atoms with Gasteiger partial charge in [-0.1, -0.05) is 127 Å². The van der Waals surface area contributed by atoms with E-state index >= 15 is 0 Å². The zero-order valence-corrected chi connectivity index (χ0v) is 37.2. The van der Waals surface area contributed by atoms with Crippen LogP contribution in [0, 0.1) is 0 Å². The van der Waals surface area contributed by atoms with Crippen LogP contribution in [0.4, 0.5) is 17.1 Å². The molecule has 0 atom stereocenters. The van der Waals surface area contributed by atoms with Crippen LogP contribution in [0.1, 0.15) is 22.3 Å². The van der Waals surface area contributed by atoms with Crippen molar-refractivity contribution in [1.29, 1.82) is 0 Å². The molecule has 0 fully saturated rings. The second-order valence-electron chi connectivity index (χ2n) is 17.7. The topological polar surface area (TPSA) is 60.2 Å². The minimum Gasteiger partial charge on any atom is -0.436 e. The molecule has 3 aromatic heterocycles. The van der Waals surface area contributed by atoms with Crippen molar-refractivity contribution in [3.05, 3.63) is 265 Å². The molecule has 0 saturated carbocycles. The summed E-state index contributed by atoms with van der Waals surface area (Å²) in [5.41, 5.74) is 18.4. The molecule has 6 nitrogen and oxygen atoms in total. The van der Waals surface area contributed by atoms with Gasteiger partial charge in [0.05, 0.1) is 16.4 Å². The van der Waals surface area contributed by atoms with Crippen LogP contribution in [0.15, 0.2) is 251 Å². The minimum absolute atomic E-state index is 0.541. The lowest BCUT2D eigenvalue weighted by Gasteiger charge is -2.34. The minimum atomic E-state index is -0.541. The fraction of sp³-hybridized carbons (Fsp3) is 0.0159. The summed E-state index contributed by atoms with van der Waals surface area (Å²) in [6.07, 6.45) is 0. The highest BCUT2D eigenvalue weighted by molar-refractivity contribution is 6.11. The Kier molecular flexibility index (Phi) is 8.70. The van der Waals surface area contributed by atoms with Gasteiger partial charge >= 0.3 is 0 Å². The third-order valence-electron chi connectivity index (χ3n) is 13.9. The van der Waals surface area contributed by atoms with Gasteiger partial charge in [-0.15, -0.1) is 0 Å². The van der Waals surface area contributed by atoms with Gasteiger partial charge in [-0.3, -0.25) is 0 Å². The normalized spacial score (nSPS) is 12.8. The molecule has 0 radical (unpaired) electrons. The fourth-order valence-corrected chi connectivity index (χ4v) is 10.9. The molecule has 0 saturated heterocycles.